The number of benzene rings is 1. The fourth-order valence-corrected chi connectivity index (χ4v) is 1.14. The zero-order valence-electron chi connectivity index (χ0n) is 6.92. The first-order valence-electron chi connectivity index (χ1n) is 3.85. The number of aromatic nitrogens is 2. The average molecular weight is 198 g/mol. The molecule has 14 heavy (non-hydrogen) atoms. The average Bonchev–Trinajstić information content (AvgIpc) is 2.16. The van der Waals surface area contributed by atoms with Crippen LogP contribution in [0.25, 0.3) is 11.0 Å². The van der Waals surface area contributed by atoms with Crippen LogP contribution in [0.5, 0.6) is 0 Å². The van der Waals surface area contributed by atoms with E-state index >= 15 is 0 Å². The minimum atomic E-state index is -4.33. The highest BCUT2D eigenvalue weighted by molar-refractivity contribution is 5.74. The SMILES string of the molecule is FC(F)(F)c1ccc2nccnc2c1. The summed E-state index contributed by atoms with van der Waals surface area (Å²) >= 11 is 0. The molecule has 1 heterocycles. The van der Waals surface area contributed by atoms with Gasteiger partial charge >= 0.3 is 6.18 Å². The molecule has 0 aliphatic heterocycles. The lowest BCUT2D eigenvalue weighted by Crippen LogP contribution is -2.04. The molecule has 2 aromatic rings. The molecule has 2 rings (SSSR count). The highest BCUT2D eigenvalue weighted by Crippen LogP contribution is 2.30. The second kappa shape index (κ2) is 2.94. The second-order valence-electron chi connectivity index (χ2n) is 2.76. The molecule has 0 fully saturated rings. The lowest BCUT2D eigenvalue weighted by Gasteiger charge is -2.06. The summed E-state index contributed by atoms with van der Waals surface area (Å²) in [6.07, 6.45) is -1.52. The van der Waals surface area contributed by atoms with Crippen LogP contribution in [0.1, 0.15) is 5.56 Å². The lowest BCUT2D eigenvalue weighted by molar-refractivity contribution is -0.137. The van der Waals surface area contributed by atoms with Gasteiger partial charge in [-0.2, -0.15) is 13.2 Å². The number of rotatable bonds is 0. The number of hydrogen-bond donors (Lipinski definition) is 0. The van der Waals surface area contributed by atoms with E-state index in [4.69, 9.17) is 0 Å². The quantitative estimate of drug-likeness (QED) is 0.650. The molecule has 0 amide bonds. The zero-order valence-corrected chi connectivity index (χ0v) is 6.92. The number of alkyl halides is 3. The van der Waals surface area contributed by atoms with Crippen LogP contribution in [-0.4, -0.2) is 9.97 Å². The van der Waals surface area contributed by atoms with Crippen molar-refractivity contribution in [1.29, 1.82) is 0 Å². The molecular weight excluding hydrogens is 193 g/mol. The number of hydrogen-bond acceptors (Lipinski definition) is 2. The van der Waals surface area contributed by atoms with Gasteiger partial charge in [0.15, 0.2) is 0 Å². The molecule has 1 aromatic heterocycles. The third-order valence-corrected chi connectivity index (χ3v) is 1.80. The van der Waals surface area contributed by atoms with Crippen LogP contribution >= 0.6 is 0 Å². The summed E-state index contributed by atoms with van der Waals surface area (Å²) in [6.45, 7) is 0. The van der Waals surface area contributed by atoms with Gasteiger partial charge in [-0.1, -0.05) is 0 Å². The van der Waals surface area contributed by atoms with E-state index in [-0.39, 0.29) is 5.52 Å². The van der Waals surface area contributed by atoms with Crippen molar-refractivity contribution >= 4 is 11.0 Å². The molecule has 0 saturated carbocycles. The van der Waals surface area contributed by atoms with Crippen molar-refractivity contribution in [3.05, 3.63) is 36.2 Å². The van der Waals surface area contributed by atoms with Gasteiger partial charge in [0.05, 0.1) is 16.6 Å². The normalized spacial score (nSPS) is 11.9. The molecule has 2 nitrogen and oxygen atoms in total. The van der Waals surface area contributed by atoms with Crippen molar-refractivity contribution in [1.82, 2.24) is 9.97 Å². The van der Waals surface area contributed by atoms with E-state index in [0.29, 0.717) is 5.52 Å². The maximum atomic E-state index is 12.3. The summed E-state index contributed by atoms with van der Waals surface area (Å²) < 4.78 is 36.8. The molecule has 0 radical (unpaired) electrons. The molecule has 0 aliphatic carbocycles. The monoisotopic (exact) mass is 198 g/mol. The molecule has 0 N–H and O–H groups in total. The Kier molecular flexibility index (Phi) is 1.87. The Morgan fingerprint density at radius 2 is 1.57 bits per heavy atom. The Labute approximate surface area is 77.4 Å². The van der Waals surface area contributed by atoms with Crippen molar-refractivity contribution in [2.24, 2.45) is 0 Å². The Hall–Kier alpha value is -1.65. The van der Waals surface area contributed by atoms with E-state index in [9.17, 15) is 13.2 Å². The van der Waals surface area contributed by atoms with Crippen LogP contribution in [0.4, 0.5) is 13.2 Å². The van der Waals surface area contributed by atoms with Gasteiger partial charge in [0.25, 0.3) is 0 Å². The van der Waals surface area contributed by atoms with Gasteiger partial charge in [0, 0.05) is 12.4 Å². The van der Waals surface area contributed by atoms with Gasteiger partial charge in [0.2, 0.25) is 0 Å². The number of nitrogens with zero attached hydrogens (tertiary/aromatic N) is 2. The largest absolute Gasteiger partial charge is 0.416 e. The van der Waals surface area contributed by atoms with E-state index in [0.717, 1.165) is 12.1 Å². The molecule has 0 saturated heterocycles. The van der Waals surface area contributed by atoms with Gasteiger partial charge in [-0.15, -0.1) is 0 Å². The van der Waals surface area contributed by atoms with Crippen LogP contribution < -0.4 is 0 Å². The Morgan fingerprint density at radius 3 is 2.21 bits per heavy atom. The van der Waals surface area contributed by atoms with Crippen LogP contribution in [-0.2, 0) is 6.18 Å². The fourth-order valence-electron chi connectivity index (χ4n) is 1.14. The molecule has 5 heteroatoms. The topological polar surface area (TPSA) is 25.8 Å². The van der Waals surface area contributed by atoms with Crippen molar-refractivity contribution in [3.63, 3.8) is 0 Å². The van der Waals surface area contributed by atoms with Crippen LogP contribution in [0.2, 0.25) is 0 Å². The van der Waals surface area contributed by atoms with E-state index in [1.807, 2.05) is 0 Å². The standard InChI is InChI=1S/C9H5F3N2/c10-9(11,12)6-1-2-7-8(5-6)14-4-3-13-7/h1-5H. The predicted octanol–water partition coefficient (Wildman–Crippen LogP) is 2.65. The molecule has 0 unspecified atom stereocenters. The first kappa shape index (κ1) is 8.93. The zero-order chi connectivity index (χ0) is 10.2. The van der Waals surface area contributed by atoms with Crippen molar-refractivity contribution in [2.45, 2.75) is 6.18 Å². The maximum absolute atomic E-state index is 12.3. The third-order valence-electron chi connectivity index (χ3n) is 1.80. The van der Waals surface area contributed by atoms with E-state index in [1.165, 1.54) is 18.5 Å². The van der Waals surface area contributed by atoms with Gasteiger partial charge in [-0.05, 0) is 18.2 Å². The Balaban J connectivity index is 2.63. The van der Waals surface area contributed by atoms with Gasteiger partial charge in [-0.3, -0.25) is 9.97 Å². The number of halogens is 3. The Morgan fingerprint density at radius 1 is 0.929 bits per heavy atom. The first-order valence-corrected chi connectivity index (χ1v) is 3.85. The molecule has 72 valence electrons. The van der Waals surface area contributed by atoms with Gasteiger partial charge < -0.3 is 0 Å². The molecule has 0 aliphatic rings. The van der Waals surface area contributed by atoms with E-state index in [1.54, 1.807) is 0 Å². The number of fused-ring (bicyclic) bond motifs is 1. The first-order chi connectivity index (χ1) is 6.57. The summed E-state index contributed by atoms with van der Waals surface area (Å²) in [6, 6.07) is 3.30. The third kappa shape index (κ3) is 1.53. The van der Waals surface area contributed by atoms with Crippen molar-refractivity contribution in [3.8, 4) is 0 Å². The second-order valence-corrected chi connectivity index (χ2v) is 2.76. The fraction of sp³-hybridized carbons (Fsp3) is 0.111. The summed E-state index contributed by atoms with van der Waals surface area (Å²) in [5.74, 6) is 0. The Bertz CT molecular complexity index is 465. The summed E-state index contributed by atoms with van der Waals surface area (Å²) in [4.78, 5) is 7.67. The van der Waals surface area contributed by atoms with Crippen LogP contribution in [0.3, 0.4) is 0 Å². The summed E-state index contributed by atoms with van der Waals surface area (Å²) in [7, 11) is 0. The van der Waals surface area contributed by atoms with E-state index in [2.05, 4.69) is 9.97 Å². The minimum absolute atomic E-state index is 0.252. The highest BCUT2D eigenvalue weighted by Gasteiger charge is 2.30. The molecule has 0 atom stereocenters. The lowest BCUT2D eigenvalue weighted by atomic mass is 10.2. The highest BCUT2D eigenvalue weighted by atomic mass is 19.4. The molecule has 1 aromatic carbocycles. The smallest absolute Gasteiger partial charge is 0.253 e. The van der Waals surface area contributed by atoms with Gasteiger partial charge in [-0.25, -0.2) is 0 Å². The maximum Gasteiger partial charge on any atom is 0.416 e. The molecular formula is C9H5F3N2. The van der Waals surface area contributed by atoms with E-state index < -0.39 is 11.7 Å². The minimum Gasteiger partial charge on any atom is -0.253 e. The van der Waals surface area contributed by atoms with Crippen LogP contribution in [0.15, 0.2) is 30.6 Å². The van der Waals surface area contributed by atoms with Gasteiger partial charge in [0.1, 0.15) is 0 Å². The summed E-state index contributed by atoms with van der Waals surface area (Å²) in [5, 5.41) is 0. The van der Waals surface area contributed by atoms with Crippen molar-refractivity contribution in [2.75, 3.05) is 0 Å². The molecule has 0 spiro atoms. The van der Waals surface area contributed by atoms with Crippen LogP contribution in [0, 0.1) is 0 Å². The molecule has 0 bridgehead atoms. The predicted molar refractivity (Wildman–Crippen MR) is 44.5 cm³/mol. The summed E-state index contributed by atoms with van der Waals surface area (Å²) in [5.41, 5.74) is 0.00771. The van der Waals surface area contributed by atoms with Crippen molar-refractivity contribution < 1.29 is 13.2 Å².